The number of esters is 1. The number of H-pyrrole nitrogens is 1. The van der Waals surface area contributed by atoms with E-state index in [0.717, 1.165) is 0 Å². The Morgan fingerprint density at radius 1 is 1.46 bits per heavy atom. The van der Waals surface area contributed by atoms with Gasteiger partial charge in [0.05, 0.1) is 19.5 Å². The number of aromatic amines is 1. The third-order valence-corrected chi connectivity index (χ3v) is 4.62. The molecule has 2 heterocycles. The van der Waals surface area contributed by atoms with Gasteiger partial charge >= 0.3 is 5.97 Å². The van der Waals surface area contributed by atoms with Gasteiger partial charge in [0, 0.05) is 24.9 Å². The summed E-state index contributed by atoms with van der Waals surface area (Å²) in [6.45, 7) is 4.12. The van der Waals surface area contributed by atoms with Gasteiger partial charge < -0.3 is 25.7 Å². The predicted octanol–water partition coefficient (Wildman–Crippen LogP) is -0.416. The van der Waals surface area contributed by atoms with E-state index in [1.165, 1.54) is 18.3 Å². The van der Waals surface area contributed by atoms with Crippen molar-refractivity contribution in [2.75, 3.05) is 13.7 Å². The van der Waals surface area contributed by atoms with Crippen LogP contribution in [0.5, 0.6) is 0 Å². The van der Waals surface area contributed by atoms with Crippen LogP contribution >= 0.6 is 0 Å². The van der Waals surface area contributed by atoms with Crippen molar-refractivity contribution in [1.29, 1.82) is 0 Å². The second kappa shape index (κ2) is 8.79. The van der Waals surface area contributed by atoms with E-state index < -0.39 is 30.0 Å². The normalized spacial score (nSPS) is 19.3. The van der Waals surface area contributed by atoms with E-state index in [-0.39, 0.29) is 18.2 Å². The lowest BCUT2D eigenvalue weighted by atomic mass is 10.0. The fourth-order valence-corrected chi connectivity index (χ4v) is 3.00. The van der Waals surface area contributed by atoms with E-state index >= 15 is 0 Å². The Kier molecular flexibility index (Phi) is 6.73. The highest BCUT2D eigenvalue weighted by atomic mass is 16.5. The van der Waals surface area contributed by atoms with Crippen molar-refractivity contribution in [3.63, 3.8) is 0 Å². The lowest BCUT2D eigenvalue weighted by Gasteiger charge is -2.28. The number of nitrogens with two attached hydrogens (primary N) is 1. The topological polar surface area (TPSA) is 130 Å². The number of methoxy groups -OCH3 is 1. The minimum absolute atomic E-state index is 0.0625. The molecule has 1 aromatic heterocycles. The summed E-state index contributed by atoms with van der Waals surface area (Å²) in [6, 6.07) is -2.17. The van der Waals surface area contributed by atoms with Crippen LogP contribution in [0.4, 0.5) is 0 Å². The summed E-state index contributed by atoms with van der Waals surface area (Å²) in [5.41, 5.74) is 6.61. The molecule has 1 aliphatic heterocycles. The molecule has 0 bridgehead atoms. The molecular formula is C17H27N5O4. The molecule has 1 aromatic rings. The largest absolute Gasteiger partial charge is 0.467 e. The number of ether oxygens (including phenoxy) is 1. The number of likely N-dealkylation sites (tertiary alicyclic amines) is 1. The van der Waals surface area contributed by atoms with Crippen LogP contribution < -0.4 is 11.1 Å². The summed E-state index contributed by atoms with van der Waals surface area (Å²) in [4.78, 5) is 45.7. The molecule has 1 fully saturated rings. The first-order valence-electron chi connectivity index (χ1n) is 8.76. The van der Waals surface area contributed by atoms with Crippen molar-refractivity contribution in [3.05, 3.63) is 18.2 Å². The second-order valence-corrected chi connectivity index (χ2v) is 6.82. The van der Waals surface area contributed by atoms with Gasteiger partial charge in [0.15, 0.2) is 0 Å². The van der Waals surface area contributed by atoms with Crippen LogP contribution in [-0.2, 0) is 25.5 Å². The molecule has 2 rings (SSSR count). The number of carbonyl (C=O) groups is 3. The zero-order valence-corrected chi connectivity index (χ0v) is 15.4. The standard InChI is InChI=1S/C17H27N5O4/c1-10(2)14(18)15(23)21-12(7-11-8-19-9-20-11)16(24)22-6-4-5-13(22)17(25)26-3/h8-10,12-14H,4-7,18H2,1-3H3,(H,19,20)(H,21,23). The molecule has 0 radical (unpaired) electrons. The Bertz CT molecular complexity index is 631. The number of carbonyl (C=O) groups excluding carboxylic acids is 3. The van der Waals surface area contributed by atoms with Crippen LogP contribution in [0.1, 0.15) is 32.4 Å². The van der Waals surface area contributed by atoms with Gasteiger partial charge in [-0.1, -0.05) is 13.8 Å². The monoisotopic (exact) mass is 365 g/mol. The van der Waals surface area contributed by atoms with Crippen LogP contribution in [-0.4, -0.2) is 64.4 Å². The smallest absolute Gasteiger partial charge is 0.328 e. The van der Waals surface area contributed by atoms with Gasteiger partial charge in [-0.15, -0.1) is 0 Å². The fourth-order valence-electron chi connectivity index (χ4n) is 3.00. The summed E-state index contributed by atoms with van der Waals surface area (Å²) in [5.74, 6) is -1.22. The molecule has 0 saturated carbocycles. The summed E-state index contributed by atoms with van der Waals surface area (Å²) >= 11 is 0. The molecule has 0 aromatic carbocycles. The molecule has 0 aliphatic carbocycles. The maximum absolute atomic E-state index is 13.1. The van der Waals surface area contributed by atoms with Gasteiger partial charge in [0.2, 0.25) is 11.8 Å². The number of hydrogen-bond donors (Lipinski definition) is 3. The summed E-state index contributed by atoms with van der Waals surface area (Å²) in [6.07, 6.45) is 4.60. The number of imidazole rings is 1. The predicted molar refractivity (Wildman–Crippen MR) is 93.8 cm³/mol. The van der Waals surface area contributed by atoms with Gasteiger partial charge in [-0.3, -0.25) is 9.59 Å². The summed E-state index contributed by atoms with van der Waals surface area (Å²) in [5, 5.41) is 2.74. The maximum Gasteiger partial charge on any atom is 0.328 e. The third-order valence-electron chi connectivity index (χ3n) is 4.62. The molecule has 1 aliphatic rings. The first-order chi connectivity index (χ1) is 12.3. The van der Waals surface area contributed by atoms with Gasteiger partial charge in [-0.2, -0.15) is 0 Å². The third kappa shape index (κ3) is 4.60. The van der Waals surface area contributed by atoms with Gasteiger partial charge in [0.1, 0.15) is 12.1 Å². The number of aromatic nitrogens is 2. The van der Waals surface area contributed by atoms with E-state index in [9.17, 15) is 14.4 Å². The zero-order valence-electron chi connectivity index (χ0n) is 15.4. The second-order valence-electron chi connectivity index (χ2n) is 6.82. The first-order valence-corrected chi connectivity index (χ1v) is 8.76. The molecule has 4 N–H and O–H groups in total. The minimum atomic E-state index is -0.835. The lowest BCUT2D eigenvalue weighted by Crippen LogP contribution is -2.56. The Labute approximate surface area is 152 Å². The van der Waals surface area contributed by atoms with Crippen LogP contribution in [0.25, 0.3) is 0 Å². The van der Waals surface area contributed by atoms with Gasteiger partial charge in [-0.25, -0.2) is 9.78 Å². The summed E-state index contributed by atoms with van der Waals surface area (Å²) in [7, 11) is 1.30. The van der Waals surface area contributed by atoms with Crippen molar-refractivity contribution in [2.24, 2.45) is 11.7 Å². The quantitative estimate of drug-likeness (QED) is 0.563. The summed E-state index contributed by atoms with van der Waals surface area (Å²) < 4.78 is 4.79. The highest BCUT2D eigenvalue weighted by Gasteiger charge is 2.38. The maximum atomic E-state index is 13.1. The van der Waals surface area contributed by atoms with Gasteiger partial charge in [-0.05, 0) is 18.8 Å². The van der Waals surface area contributed by atoms with Crippen LogP contribution in [0.15, 0.2) is 12.5 Å². The molecule has 3 atom stereocenters. The van der Waals surface area contributed by atoms with Crippen molar-refractivity contribution >= 4 is 17.8 Å². The highest BCUT2D eigenvalue weighted by molar-refractivity contribution is 5.92. The Morgan fingerprint density at radius 2 is 2.19 bits per heavy atom. The Hall–Kier alpha value is -2.42. The van der Waals surface area contributed by atoms with Crippen LogP contribution in [0, 0.1) is 5.92 Å². The number of nitrogens with one attached hydrogen (secondary N) is 2. The van der Waals surface area contributed by atoms with E-state index in [1.54, 1.807) is 6.20 Å². The SMILES string of the molecule is COC(=O)C1CCCN1C(=O)C(Cc1cnc[nH]1)NC(=O)C(N)C(C)C. The Morgan fingerprint density at radius 3 is 2.77 bits per heavy atom. The van der Waals surface area contributed by atoms with Crippen molar-refractivity contribution in [2.45, 2.75) is 51.2 Å². The minimum Gasteiger partial charge on any atom is -0.467 e. The van der Waals surface area contributed by atoms with E-state index in [2.05, 4.69) is 15.3 Å². The molecular weight excluding hydrogens is 338 g/mol. The molecule has 3 unspecified atom stereocenters. The number of hydrogen-bond acceptors (Lipinski definition) is 6. The fraction of sp³-hybridized carbons (Fsp3) is 0.647. The number of nitrogens with zero attached hydrogens (tertiary/aromatic N) is 2. The molecule has 1 saturated heterocycles. The molecule has 9 nitrogen and oxygen atoms in total. The van der Waals surface area contributed by atoms with Crippen molar-refractivity contribution in [3.8, 4) is 0 Å². The molecule has 0 spiro atoms. The van der Waals surface area contributed by atoms with Crippen molar-refractivity contribution < 1.29 is 19.1 Å². The average molecular weight is 365 g/mol. The van der Waals surface area contributed by atoms with Crippen LogP contribution in [0.2, 0.25) is 0 Å². The average Bonchev–Trinajstić information content (AvgIpc) is 3.30. The first kappa shape index (κ1) is 19.9. The highest BCUT2D eigenvalue weighted by Crippen LogP contribution is 2.20. The molecule has 2 amide bonds. The zero-order chi connectivity index (χ0) is 19.3. The van der Waals surface area contributed by atoms with Crippen molar-refractivity contribution in [1.82, 2.24) is 20.2 Å². The molecule has 144 valence electrons. The number of amides is 2. The molecule has 9 heteroatoms. The van der Waals surface area contributed by atoms with E-state index in [0.29, 0.717) is 25.1 Å². The van der Waals surface area contributed by atoms with E-state index in [4.69, 9.17) is 10.5 Å². The molecule has 26 heavy (non-hydrogen) atoms. The van der Waals surface area contributed by atoms with Crippen LogP contribution in [0.3, 0.4) is 0 Å². The Balaban J connectivity index is 2.17. The lowest BCUT2D eigenvalue weighted by molar-refractivity contribution is -0.151. The van der Waals surface area contributed by atoms with E-state index in [1.807, 2.05) is 13.8 Å². The van der Waals surface area contributed by atoms with Gasteiger partial charge in [0.25, 0.3) is 0 Å². The number of rotatable bonds is 7.